The fraction of sp³-hybridized carbons (Fsp3) is 0.433. The molecule has 37 heavy (non-hydrogen) atoms. The number of alkyl halides is 3. The molecule has 0 saturated heterocycles. The first-order valence-corrected chi connectivity index (χ1v) is 12.6. The number of aryl methyl sites for hydroxylation is 1. The Hall–Kier alpha value is -3.22. The van der Waals surface area contributed by atoms with E-state index >= 15 is 0 Å². The maximum Gasteiger partial charge on any atom is 0.417 e. The van der Waals surface area contributed by atoms with Gasteiger partial charge in [0.2, 0.25) is 0 Å². The topological polar surface area (TPSA) is 48.7 Å². The third kappa shape index (κ3) is 7.63. The quantitative estimate of drug-likeness (QED) is 0.145. The van der Waals surface area contributed by atoms with E-state index < -0.39 is 23.3 Å². The predicted octanol–water partition coefficient (Wildman–Crippen LogP) is 8.91. The number of hydrogen-bond donors (Lipinski definition) is 0. The second-order valence-electron chi connectivity index (χ2n) is 10.2. The Morgan fingerprint density at radius 3 is 2.46 bits per heavy atom. The number of benzene rings is 2. The molecule has 3 rings (SSSR count). The molecule has 200 valence electrons. The van der Waals surface area contributed by atoms with Crippen LogP contribution in [0.5, 0.6) is 5.75 Å². The van der Waals surface area contributed by atoms with Gasteiger partial charge in [0, 0.05) is 29.0 Å². The lowest BCUT2D eigenvalue weighted by molar-refractivity contribution is -0.153. The van der Waals surface area contributed by atoms with Crippen molar-refractivity contribution in [2.24, 2.45) is 0 Å². The highest BCUT2D eigenvalue weighted by atomic mass is 19.4. The molecule has 0 bridgehead atoms. The number of furan rings is 1. The molecule has 7 heteroatoms. The van der Waals surface area contributed by atoms with E-state index in [9.17, 15) is 18.0 Å². The van der Waals surface area contributed by atoms with Gasteiger partial charge in [-0.1, -0.05) is 38.5 Å². The minimum atomic E-state index is -4.50. The summed E-state index contributed by atoms with van der Waals surface area (Å²) in [6.45, 7) is 12.7. The summed E-state index contributed by atoms with van der Waals surface area (Å²) in [5.41, 5.74) is -0.0405. The molecule has 0 aliphatic rings. The standard InChI is InChI=1S/C30H35F3O4/c1-7-8-9-10-21-11-14-24(25(15-21)30(31,32)33)27-16-22-12-13-23(17-26(22)36-27)35-20(4)18-29(5,6)37-28(34)19(2)3/h11-17,20H,2,7-10,18H2,1,3-6H3. The van der Waals surface area contributed by atoms with Gasteiger partial charge >= 0.3 is 12.1 Å². The van der Waals surface area contributed by atoms with Crippen LogP contribution >= 0.6 is 0 Å². The summed E-state index contributed by atoms with van der Waals surface area (Å²) in [6.07, 6.45) is -0.935. The highest BCUT2D eigenvalue weighted by Gasteiger charge is 2.35. The molecule has 1 aromatic heterocycles. The Bertz CT molecular complexity index is 1250. The average molecular weight is 517 g/mol. The number of rotatable bonds is 11. The first kappa shape index (κ1) is 28.4. The molecule has 3 aromatic rings. The van der Waals surface area contributed by atoms with Crippen molar-refractivity contribution in [1.29, 1.82) is 0 Å². The zero-order valence-corrected chi connectivity index (χ0v) is 22.1. The van der Waals surface area contributed by atoms with E-state index in [0.29, 0.717) is 40.7 Å². The van der Waals surface area contributed by atoms with Gasteiger partial charge in [-0.05, 0) is 70.4 Å². The molecular weight excluding hydrogens is 481 g/mol. The first-order valence-electron chi connectivity index (χ1n) is 12.6. The van der Waals surface area contributed by atoms with Crippen LogP contribution in [-0.2, 0) is 22.1 Å². The number of esters is 1. The molecule has 0 radical (unpaired) electrons. The summed E-state index contributed by atoms with van der Waals surface area (Å²) in [5.74, 6) is 0.194. The Balaban J connectivity index is 1.81. The number of carbonyl (C=O) groups excluding carboxylic acids is 1. The Morgan fingerprint density at radius 2 is 1.81 bits per heavy atom. The monoisotopic (exact) mass is 516 g/mol. The lowest BCUT2D eigenvalue weighted by Crippen LogP contribution is -2.33. The zero-order valence-electron chi connectivity index (χ0n) is 22.1. The summed E-state index contributed by atoms with van der Waals surface area (Å²) in [7, 11) is 0. The lowest BCUT2D eigenvalue weighted by Gasteiger charge is -2.28. The van der Waals surface area contributed by atoms with Crippen LogP contribution in [0, 0.1) is 0 Å². The van der Waals surface area contributed by atoms with Crippen LogP contribution in [0.1, 0.15) is 71.4 Å². The fourth-order valence-corrected chi connectivity index (χ4v) is 4.34. The number of halogens is 3. The fourth-order valence-electron chi connectivity index (χ4n) is 4.34. The van der Waals surface area contributed by atoms with Gasteiger partial charge in [-0.2, -0.15) is 13.2 Å². The van der Waals surface area contributed by atoms with Crippen molar-refractivity contribution in [3.05, 3.63) is 65.7 Å². The molecule has 0 spiro atoms. The second kappa shape index (κ2) is 11.4. The van der Waals surface area contributed by atoms with Gasteiger partial charge in [-0.15, -0.1) is 0 Å². The van der Waals surface area contributed by atoms with Gasteiger partial charge in [-0.25, -0.2) is 4.79 Å². The number of hydrogen-bond acceptors (Lipinski definition) is 4. The van der Waals surface area contributed by atoms with Crippen LogP contribution < -0.4 is 4.74 Å². The summed E-state index contributed by atoms with van der Waals surface area (Å²) >= 11 is 0. The molecule has 0 fully saturated rings. The zero-order chi connectivity index (χ0) is 27.4. The van der Waals surface area contributed by atoms with Gasteiger partial charge in [-0.3, -0.25) is 0 Å². The van der Waals surface area contributed by atoms with Crippen molar-refractivity contribution in [2.75, 3.05) is 0 Å². The van der Waals surface area contributed by atoms with E-state index in [1.54, 1.807) is 51.1 Å². The van der Waals surface area contributed by atoms with E-state index in [4.69, 9.17) is 13.9 Å². The SMILES string of the molecule is C=C(C)C(=O)OC(C)(C)CC(C)Oc1ccc2cc(-c3ccc(CCCCC)cc3C(F)(F)F)oc2c1. The smallest absolute Gasteiger partial charge is 0.417 e. The lowest BCUT2D eigenvalue weighted by atomic mass is 9.98. The minimum Gasteiger partial charge on any atom is -0.490 e. The van der Waals surface area contributed by atoms with Gasteiger partial charge in [0.25, 0.3) is 0 Å². The highest BCUT2D eigenvalue weighted by Crippen LogP contribution is 2.40. The molecule has 0 aliphatic carbocycles. The molecule has 0 N–H and O–H groups in total. The maximum atomic E-state index is 13.9. The largest absolute Gasteiger partial charge is 0.490 e. The van der Waals surface area contributed by atoms with Crippen molar-refractivity contribution in [2.45, 2.75) is 84.6 Å². The van der Waals surface area contributed by atoms with E-state index in [0.717, 1.165) is 19.3 Å². The molecule has 1 atom stereocenters. The Morgan fingerprint density at radius 1 is 1.08 bits per heavy atom. The molecule has 1 heterocycles. The van der Waals surface area contributed by atoms with Gasteiger partial charge in [0.1, 0.15) is 22.7 Å². The second-order valence-corrected chi connectivity index (χ2v) is 10.2. The summed E-state index contributed by atoms with van der Waals surface area (Å²) in [5, 5.41) is 0.672. The normalized spacial score (nSPS) is 13.0. The third-order valence-electron chi connectivity index (χ3n) is 6.05. The molecule has 1 unspecified atom stereocenters. The molecule has 0 amide bonds. The van der Waals surface area contributed by atoms with Crippen molar-refractivity contribution in [1.82, 2.24) is 0 Å². The maximum absolute atomic E-state index is 13.9. The van der Waals surface area contributed by atoms with Crippen LogP contribution in [-0.4, -0.2) is 17.7 Å². The number of unbranched alkanes of at least 4 members (excludes halogenated alkanes) is 2. The van der Waals surface area contributed by atoms with E-state index in [-0.39, 0.29) is 17.4 Å². The van der Waals surface area contributed by atoms with Crippen LogP contribution in [0.25, 0.3) is 22.3 Å². The first-order chi connectivity index (χ1) is 17.3. The van der Waals surface area contributed by atoms with Crippen molar-refractivity contribution >= 4 is 16.9 Å². The minimum absolute atomic E-state index is 0.0138. The van der Waals surface area contributed by atoms with Crippen LogP contribution in [0.3, 0.4) is 0 Å². The highest BCUT2D eigenvalue weighted by molar-refractivity contribution is 5.87. The summed E-state index contributed by atoms with van der Waals surface area (Å²) in [4.78, 5) is 11.9. The number of ether oxygens (including phenoxy) is 2. The van der Waals surface area contributed by atoms with Crippen LogP contribution in [0.15, 0.2) is 59.0 Å². The molecule has 0 saturated carbocycles. The predicted molar refractivity (Wildman–Crippen MR) is 140 cm³/mol. The van der Waals surface area contributed by atoms with E-state index in [1.807, 2.05) is 6.92 Å². The summed E-state index contributed by atoms with van der Waals surface area (Å²) < 4.78 is 59.1. The van der Waals surface area contributed by atoms with E-state index in [2.05, 4.69) is 13.5 Å². The number of carbonyl (C=O) groups is 1. The third-order valence-corrected chi connectivity index (χ3v) is 6.05. The van der Waals surface area contributed by atoms with E-state index in [1.165, 1.54) is 12.1 Å². The average Bonchev–Trinajstić information content (AvgIpc) is 3.21. The van der Waals surface area contributed by atoms with Gasteiger partial charge < -0.3 is 13.9 Å². The van der Waals surface area contributed by atoms with Gasteiger partial charge in [0.05, 0.1) is 11.7 Å². The molecule has 2 aromatic carbocycles. The Labute approximate surface area is 216 Å². The van der Waals surface area contributed by atoms with Crippen molar-refractivity contribution in [3.63, 3.8) is 0 Å². The van der Waals surface area contributed by atoms with Crippen molar-refractivity contribution < 1.29 is 31.9 Å². The van der Waals surface area contributed by atoms with Gasteiger partial charge in [0.15, 0.2) is 0 Å². The van der Waals surface area contributed by atoms with Crippen LogP contribution in [0.4, 0.5) is 13.2 Å². The Kier molecular flexibility index (Phi) is 8.77. The summed E-state index contributed by atoms with van der Waals surface area (Å²) in [6, 6.07) is 11.2. The van der Waals surface area contributed by atoms with Crippen molar-refractivity contribution in [3.8, 4) is 17.1 Å². The number of fused-ring (bicyclic) bond motifs is 1. The molecule has 4 nitrogen and oxygen atoms in total. The molecule has 0 aliphatic heterocycles. The molecular formula is C30H35F3O4. The van der Waals surface area contributed by atoms with Crippen LogP contribution in [0.2, 0.25) is 0 Å².